The molecule has 1 heteroatoms. The quantitative estimate of drug-likeness (QED) is 0.656. The van der Waals surface area contributed by atoms with Crippen LogP contribution in [-0.2, 0) is 0 Å². The fourth-order valence-electron chi connectivity index (χ4n) is 3.51. The summed E-state index contributed by atoms with van der Waals surface area (Å²) in [6, 6.07) is 0.835. The summed E-state index contributed by atoms with van der Waals surface area (Å²) in [6.07, 6.45) is 8.86. The average Bonchev–Trinajstić information content (AvgIpc) is 2.17. The van der Waals surface area contributed by atoms with Crippen molar-refractivity contribution in [3.8, 4) is 0 Å². The molecule has 3 unspecified atom stereocenters. The van der Waals surface area contributed by atoms with Crippen LogP contribution in [0.1, 0.15) is 45.4 Å². The lowest BCUT2D eigenvalue weighted by Gasteiger charge is -2.43. The molecular weight excluding hydrogens is 158 g/mol. The van der Waals surface area contributed by atoms with Crippen LogP contribution in [0.4, 0.5) is 0 Å². The molecular formula is C12H23N. The first kappa shape index (κ1) is 9.51. The first-order valence-corrected chi connectivity index (χ1v) is 5.98. The summed E-state index contributed by atoms with van der Waals surface area (Å²) in [5, 5.41) is 3.52. The molecule has 2 saturated carbocycles. The van der Waals surface area contributed by atoms with Crippen LogP contribution in [0, 0.1) is 17.8 Å². The van der Waals surface area contributed by atoms with E-state index in [1.165, 1.54) is 38.5 Å². The smallest absolute Gasteiger partial charge is 0.00950 e. The summed E-state index contributed by atoms with van der Waals surface area (Å²) in [6.45, 7) is 2.43. The molecule has 0 spiro atoms. The second kappa shape index (κ2) is 4.00. The monoisotopic (exact) mass is 181 g/mol. The predicted octanol–water partition coefficient (Wildman–Crippen LogP) is 2.81. The molecule has 0 aromatic rings. The minimum absolute atomic E-state index is 0.835. The second-order valence-corrected chi connectivity index (χ2v) is 5.17. The molecule has 13 heavy (non-hydrogen) atoms. The van der Waals surface area contributed by atoms with Gasteiger partial charge in [-0.15, -0.1) is 0 Å². The summed E-state index contributed by atoms with van der Waals surface area (Å²) < 4.78 is 0. The van der Waals surface area contributed by atoms with Crippen LogP contribution in [0.25, 0.3) is 0 Å². The molecule has 2 aliphatic carbocycles. The molecule has 2 aliphatic rings. The van der Waals surface area contributed by atoms with Crippen LogP contribution in [0.15, 0.2) is 0 Å². The molecule has 76 valence electrons. The van der Waals surface area contributed by atoms with Gasteiger partial charge in [-0.1, -0.05) is 26.2 Å². The molecule has 1 nitrogen and oxygen atoms in total. The molecule has 0 aromatic carbocycles. The van der Waals surface area contributed by atoms with E-state index in [1.54, 1.807) is 0 Å². The van der Waals surface area contributed by atoms with Crippen LogP contribution >= 0.6 is 0 Å². The van der Waals surface area contributed by atoms with Gasteiger partial charge in [0.25, 0.3) is 0 Å². The maximum Gasteiger partial charge on any atom is 0.00950 e. The van der Waals surface area contributed by atoms with Gasteiger partial charge in [0, 0.05) is 6.04 Å². The minimum Gasteiger partial charge on any atom is -0.317 e. The molecule has 4 atom stereocenters. The molecule has 2 rings (SSSR count). The molecule has 0 radical (unpaired) electrons. The Labute approximate surface area is 82.3 Å². The van der Waals surface area contributed by atoms with Gasteiger partial charge < -0.3 is 5.32 Å². The summed E-state index contributed by atoms with van der Waals surface area (Å²) in [4.78, 5) is 0. The molecule has 0 aliphatic heterocycles. The van der Waals surface area contributed by atoms with Crippen LogP contribution < -0.4 is 5.32 Å². The van der Waals surface area contributed by atoms with Crippen molar-refractivity contribution >= 4 is 0 Å². The zero-order valence-corrected chi connectivity index (χ0v) is 9.05. The Hall–Kier alpha value is -0.0400. The van der Waals surface area contributed by atoms with E-state index in [9.17, 15) is 0 Å². The highest BCUT2D eigenvalue weighted by Crippen LogP contribution is 2.42. The number of fused-ring (bicyclic) bond motifs is 1. The molecule has 0 saturated heterocycles. The van der Waals surface area contributed by atoms with Crippen molar-refractivity contribution in [3.05, 3.63) is 0 Å². The molecule has 0 amide bonds. The first-order chi connectivity index (χ1) is 6.31. The van der Waals surface area contributed by atoms with Crippen LogP contribution in [-0.4, -0.2) is 13.1 Å². The Morgan fingerprint density at radius 3 is 2.69 bits per heavy atom. The van der Waals surface area contributed by atoms with Crippen molar-refractivity contribution in [1.29, 1.82) is 0 Å². The van der Waals surface area contributed by atoms with Gasteiger partial charge >= 0.3 is 0 Å². The third kappa shape index (κ3) is 1.90. The SMILES string of the molecule is CNC1CCCC2CC[C@@H](C)CC21. The zero-order chi connectivity index (χ0) is 9.26. The Morgan fingerprint density at radius 2 is 1.92 bits per heavy atom. The van der Waals surface area contributed by atoms with Crippen LogP contribution in [0.3, 0.4) is 0 Å². The molecule has 2 fully saturated rings. The van der Waals surface area contributed by atoms with Crippen LogP contribution in [0.2, 0.25) is 0 Å². The lowest BCUT2D eigenvalue weighted by atomic mass is 9.66. The van der Waals surface area contributed by atoms with E-state index in [0.717, 1.165) is 23.8 Å². The summed E-state index contributed by atoms with van der Waals surface area (Å²) >= 11 is 0. The maximum atomic E-state index is 3.52. The molecule has 0 aromatic heterocycles. The molecule has 0 bridgehead atoms. The molecule has 1 N–H and O–H groups in total. The van der Waals surface area contributed by atoms with Gasteiger partial charge in [-0.2, -0.15) is 0 Å². The van der Waals surface area contributed by atoms with Crippen LogP contribution in [0.5, 0.6) is 0 Å². The van der Waals surface area contributed by atoms with E-state index in [0.29, 0.717) is 0 Å². The highest BCUT2D eigenvalue weighted by atomic mass is 14.9. The average molecular weight is 181 g/mol. The lowest BCUT2D eigenvalue weighted by molar-refractivity contribution is 0.103. The highest BCUT2D eigenvalue weighted by molar-refractivity contribution is 4.89. The van der Waals surface area contributed by atoms with E-state index >= 15 is 0 Å². The number of hydrogen-bond acceptors (Lipinski definition) is 1. The van der Waals surface area contributed by atoms with Gasteiger partial charge in [-0.25, -0.2) is 0 Å². The summed E-state index contributed by atoms with van der Waals surface area (Å²) in [5.74, 6) is 3.04. The maximum absolute atomic E-state index is 3.52. The molecule has 0 heterocycles. The van der Waals surface area contributed by atoms with Gasteiger partial charge in [0.15, 0.2) is 0 Å². The Bertz CT molecular complexity index is 161. The number of nitrogens with one attached hydrogen (secondary N) is 1. The number of rotatable bonds is 1. The van der Waals surface area contributed by atoms with Gasteiger partial charge in [-0.3, -0.25) is 0 Å². The zero-order valence-electron chi connectivity index (χ0n) is 9.05. The topological polar surface area (TPSA) is 12.0 Å². The number of hydrogen-bond donors (Lipinski definition) is 1. The van der Waals surface area contributed by atoms with Gasteiger partial charge in [-0.05, 0) is 44.1 Å². The van der Waals surface area contributed by atoms with E-state index in [2.05, 4.69) is 19.3 Å². The second-order valence-electron chi connectivity index (χ2n) is 5.17. The Balaban J connectivity index is 2.01. The standard InChI is InChI=1S/C12H23N/c1-9-6-7-10-4-3-5-12(13-2)11(10)8-9/h9-13H,3-8H2,1-2H3/t9-,10?,11?,12?/m1/s1. The van der Waals surface area contributed by atoms with Crippen molar-refractivity contribution in [2.24, 2.45) is 17.8 Å². The fraction of sp³-hybridized carbons (Fsp3) is 1.00. The van der Waals surface area contributed by atoms with Gasteiger partial charge in [0.1, 0.15) is 0 Å². The van der Waals surface area contributed by atoms with Crippen molar-refractivity contribution in [3.63, 3.8) is 0 Å². The summed E-state index contributed by atoms with van der Waals surface area (Å²) in [5.41, 5.74) is 0. The van der Waals surface area contributed by atoms with E-state index in [1.807, 2.05) is 0 Å². The van der Waals surface area contributed by atoms with Gasteiger partial charge in [0.2, 0.25) is 0 Å². The summed E-state index contributed by atoms with van der Waals surface area (Å²) in [7, 11) is 2.15. The van der Waals surface area contributed by atoms with Gasteiger partial charge in [0.05, 0.1) is 0 Å². The van der Waals surface area contributed by atoms with E-state index in [4.69, 9.17) is 0 Å². The van der Waals surface area contributed by atoms with Crippen molar-refractivity contribution in [2.75, 3.05) is 7.05 Å². The lowest BCUT2D eigenvalue weighted by Crippen LogP contribution is -2.43. The fourth-order valence-corrected chi connectivity index (χ4v) is 3.51. The first-order valence-electron chi connectivity index (χ1n) is 5.98. The largest absolute Gasteiger partial charge is 0.317 e. The Morgan fingerprint density at radius 1 is 1.08 bits per heavy atom. The van der Waals surface area contributed by atoms with Crippen molar-refractivity contribution in [1.82, 2.24) is 5.32 Å². The van der Waals surface area contributed by atoms with Crippen molar-refractivity contribution < 1.29 is 0 Å². The van der Waals surface area contributed by atoms with E-state index < -0.39 is 0 Å². The third-order valence-electron chi connectivity index (χ3n) is 4.29. The minimum atomic E-state index is 0.835. The van der Waals surface area contributed by atoms with Crippen molar-refractivity contribution in [2.45, 2.75) is 51.5 Å². The third-order valence-corrected chi connectivity index (χ3v) is 4.29. The highest BCUT2D eigenvalue weighted by Gasteiger charge is 2.35. The van der Waals surface area contributed by atoms with E-state index in [-0.39, 0.29) is 0 Å². The normalized spacial score (nSPS) is 45.7. The predicted molar refractivity (Wildman–Crippen MR) is 56.7 cm³/mol. The Kier molecular flexibility index (Phi) is 2.92.